The van der Waals surface area contributed by atoms with E-state index < -0.39 is 0 Å². The molecule has 3 rings (SSSR count). The second-order valence-corrected chi connectivity index (χ2v) is 6.16. The predicted molar refractivity (Wildman–Crippen MR) is 124 cm³/mol. The number of halogens is 2. The fourth-order valence-corrected chi connectivity index (χ4v) is 2.58. The molecule has 0 amide bonds. The van der Waals surface area contributed by atoms with Crippen LogP contribution in [0.2, 0.25) is 0 Å². The van der Waals surface area contributed by atoms with Crippen LogP contribution in [-0.4, -0.2) is 18.0 Å². The molecule has 0 fully saturated rings. The minimum absolute atomic E-state index is 0. The fraction of sp³-hybridized carbons (Fsp3) is 0.182. The highest BCUT2D eigenvalue weighted by Gasteiger charge is 2.02. The summed E-state index contributed by atoms with van der Waals surface area (Å²) in [6, 6.07) is 20.0. The summed E-state index contributed by atoms with van der Waals surface area (Å²) in [6.45, 7) is 1.59. The van der Waals surface area contributed by atoms with Crippen LogP contribution in [0.3, 0.4) is 0 Å². The van der Waals surface area contributed by atoms with Gasteiger partial charge >= 0.3 is 0 Å². The minimum Gasteiger partial charge on any atom is -0.487 e. The Bertz CT molecular complexity index is 904. The van der Waals surface area contributed by atoms with Gasteiger partial charge in [0.2, 0.25) is 0 Å². The molecule has 2 aromatic carbocycles. The van der Waals surface area contributed by atoms with Crippen LogP contribution in [0.5, 0.6) is 5.75 Å². The molecule has 0 bridgehead atoms. The van der Waals surface area contributed by atoms with Gasteiger partial charge in [0, 0.05) is 26.3 Å². The predicted octanol–water partition coefficient (Wildman–Crippen LogP) is 4.28. The number of guanidine groups is 1. The summed E-state index contributed by atoms with van der Waals surface area (Å²) in [7, 11) is 1.71. The third kappa shape index (κ3) is 7.69. The zero-order valence-electron chi connectivity index (χ0n) is 16.1. The molecule has 0 unspecified atom stereocenters. The number of pyridine rings is 1. The summed E-state index contributed by atoms with van der Waals surface area (Å²) < 4.78 is 18.8. The number of rotatable bonds is 7. The van der Waals surface area contributed by atoms with Crippen molar-refractivity contribution in [3.63, 3.8) is 0 Å². The Morgan fingerprint density at radius 2 is 1.72 bits per heavy atom. The van der Waals surface area contributed by atoms with Gasteiger partial charge in [-0.05, 0) is 47.5 Å². The lowest BCUT2D eigenvalue weighted by molar-refractivity contribution is 0.301. The van der Waals surface area contributed by atoms with Crippen molar-refractivity contribution in [1.82, 2.24) is 15.6 Å². The molecule has 0 aliphatic carbocycles. The summed E-state index contributed by atoms with van der Waals surface area (Å²) >= 11 is 0. The first-order chi connectivity index (χ1) is 13.7. The monoisotopic (exact) mass is 506 g/mol. The van der Waals surface area contributed by atoms with Gasteiger partial charge in [0.25, 0.3) is 0 Å². The smallest absolute Gasteiger partial charge is 0.191 e. The Morgan fingerprint density at radius 1 is 0.966 bits per heavy atom. The first-order valence-corrected chi connectivity index (χ1v) is 9.03. The van der Waals surface area contributed by atoms with Crippen molar-refractivity contribution in [1.29, 1.82) is 0 Å². The van der Waals surface area contributed by atoms with Gasteiger partial charge in [-0.2, -0.15) is 0 Å². The molecule has 0 atom stereocenters. The Kier molecular flexibility index (Phi) is 9.36. The van der Waals surface area contributed by atoms with Crippen LogP contribution >= 0.6 is 24.0 Å². The van der Waals surface area contributed by atoms with Crippen molar-refractivity contribution >= 4 is 29.9 Å². The minimum atomic E-state index is -0.239. The Balaban J connectivity index is 0.00000300. The first kappa shape index (κ1) is 22.6. The molecule has 3 aromatic rings. The molecule has 7 heteroatoms. The zero-order valence-corrected chi connectivity index (χ0v) is 18.5. The van der Waals surface area contributed by atoms with Crippen LogP contribution in [0.25, 0.3) is 0 Å². The summed E-state index contributed by atoms with van der Waals surface area (Å²) in [5.41, 5.74) is 2.94. The van der Waals surface area contributed by atoms with Crippen molar-refractivity contribution in [2.24, 2.45) is 4.99 Å². The van der Waals surface area contributed by atoms with Crippen molar-refractivity contribution in [2.75, 3.05) is 7.05 Å². The molecule has 0 radical (unpaired) electrons. The molecular formula is C22H24FIN4O. The molecule has 0 aliphatic heterocycles. The lowest BCUT2D eigenvalue weighted by Crippen LogP contribution is -2.36. The van der Waals surface area contributed by atoms with Crippen molar-refractivity contribution < 1.29 is 9.13 Å². The van der Waals surface area contributed by atoms with Crippen LogP contribution in [0.1, 0.15) is 16.8 Å². The lowest BCUT2D eigenvalue weighted by atomic mass is 10.2. The fourth-order valence-electron chi connectivity index (χ4n) is 2.58. The van der Waals surface area contributed by atoms with E-state index in [2.05, 4.69) is 20.6 Å². The van der Waals surface area contributed by atoms with E-state index in [1.807, 2.05) is 42.5 Å². The maximum atomic E-state index is 13.0. The first-order valence-electron chi connectivity index (χ1n) is 9.03. The van der Waals surface area contributed by atoms with Crippen LogP contribution in [0.4, 0.5) is 4.39 Å². The number of aliphatic imine (C=N–C) groups is 1. The molecule has 2 N–H and O–H groups in total. The normalized spacial score (nSPS) is 10.8. The van der Waals surface area contributed by atoms with Gasteiger partial charge in [-0.3, -0.25) is 9.98 Å². The van der Waals surface area contributed by atoms with Crippen molar-refractivity contribution in [2.45, 2.75) is 19.7 Å². The van der Waals surface area contributed by atoms with Gasteiger partial charge in [0.05, 0.1) is 5.69 Å². The molecule has 0 spiro atoms. The van der Waals surface area contributed by atoms with Crippen LogP contribution in [-0.2, 0) is 19.7 Å². The van der Waals surface area contributed by atoms with Gasteiger partial charge in [0.1, 0.15) is 18.2 Å². The Morgan fingerprint density at radius 3 is 2.41 bits per heavy atom. The van der Waals surface area contributed by atoms with Crippen LogP contribution in [0, 0.1) is 5.82 Å². The molecule has 152 valence electrons. The van der Waals surface area contributed by atoms with Gasteiger partial charge in [0.15, 0.2) is 5.96 Å². The zero-order chi connectivity index (χ0) is 19.6. The number of nitrogens with one attached hydrogen (secondary N) is 2. The Labute approximate surface area is 187 Å². The topological polar surface area (TPSA) is 58.5 Å². The van der Waals surface area contributed by atoms with E-state index >= 15 is 0 Å². The van der Waals surface area contributed by atoms with E-state index in [1.54, 1.807) is 25.4 Å². The number of ether oxygens (including phenoxy) is 1. The largest absolute Gasteiger partial charge is 0.487 e. The third-order valence-electron chi connectivity index (χ3n) is 4.07. The summed E-state index contributed by atoms with van der Waals surface area (Å²) in [5, 5.41) is 6.48. The van der Waals surface area contributed by atoms with Crippen LogP contribution in [0.15, 0.2) is 77.9 Å². The van der Waals surface area contributed by atoms with E-state index in [-0.39, 0.29) is 29.8 Å². The highest BCUT2D eigenvalue weighted by atomic mass is 127. The molecule has 0 saturated carbocycles. The average molecular weight is 506 g/mol. The van der Waals surface area contributed by atoms with E-state index in [0.29, 0.717) is 25.7 Å². The quantitative estimate of drug-likeness (QED) is 0.286. The molecule has 0 saturated heterocycles. The maximum absolute atomic E-state index is 13.0. The van der Waals surface area contributed by atoms with E-state index in [4.69, 9.17) is 4.74 Å². The summed E-state index contributed by atoms with van der Waals surface area (Å²) in [6.07, 6.45) is 1.75. The van der Waals surface area contributed by atoms with Gasteiger partial charge in [-0.1, -0.05) is 30.3 Å². The molecule has 29 heavy (non-hydrogen) atoms. The van der Waals surface area contributed by atoms with E-state index in [9.17, 15) is 4.39 Å². The van der Waals surface area contributed by atoms with Gasteiger partial charge in [-0.15, -0.1) is 24.0 Å². The maximum Gasteiger partial charge on any atom is 0.191 e. The second kappa shape index (κ2) is 12.0. The highest BCUT2D eigenvalue weighted by molar-refractivity contribution is 14.0. The standard InChI is InChI=1S/C22H23FN4O.HI/c1-24-22(26-14-17-8-10-19(23)11-9-17)27-15-18-5-4-7-21(13-18)28-16-20-6-2-3-12-25-20;/h2-13H,14-16H2,1H3,(H2,24,26,27);1H. The lowest BCUT2D eigenvalue weighted by Gasteiger charge is -2.13. The molecule has 5 nitrogen and oxygen atoms in total. The third-order valence-corrected chi connectivity index (χ3v) is 4.07. The van der Waals surface area contributed by atoms with E-state index in [1.165, 1.54) is 12.1 Å². The second-order valence-electron chi connectivity index (χ2n) is 6.16. The summed E-state index contributed by atoms with van der Waals surface area (Å²) in [4.78, 5) is 8.47. The number of aromatic nitrogens is 1. The van der Waals surface area contributed by atoms with Crippen molar-refractivity contribution in [3.8, 4) is 5.75 Å². The number of benzene rings is 2. The Hall–Kier alpha value is -2.68. The molecule has 0 aliphatic rings. The SMILES string of the molecule is CN=C(NCc1ccc(F)cc1)NCc1cccc(OCc2ccccn2)c1.I. The van der Waals surface area contributed by atoms with Gasteiger partial charge < -0.3 is 15.4 Å². The van der Waals surface area contributed by atoms with E-state index in [0.717, 1.165) is 22.6 Å². The average Bonchev–Trinajstić information content (AvgIpc) is 2.75. The molecular weight excluding hydrogens is 482 g/mol. The molecule has 1 heterocycles. The van der Waals surface area contributed by atoms with Gasteiger partial charge in [-0.25, -0.2) is 4.39 Å². The van der Waals surface area contributed by atoms with Crippen LogP contribution < -0.4 is 15.4 Å². The number of hydrogen-bond donors (Lipinski definition) is 2. The number of hydrogen-bond acceptors (Lipinski definition) is 3. The molecule has 1 aromatic heterocycles. The number of nitrogens with zero attached hydrogens (tertiary/aromatic N) is 2. The van der Waals surface area contributed by atoms with Crippen molar-refractivity contribution in [3.05, 3.63) is 95.6 Å². The highest BCUT2D eigenvalue weighted by Crippen LogP contribution is 2.14. The summed E-state index contributed by atoms with van der Waals surface area (Å²) in [5.74, 6) is 1.22.